The monoisotopic (exact) mass is 900 g/mol. The fourth-order valence-electron chi connectivity index (χ4n) is 6.83. The van der Waals surface area contributed by atoms with Crippen LogP contribution in [0.2, 0.25) is 0 Å². The van der Waals surface area contributed by atoms with Gasteiger partial charge in [0.05, 0.1) is 19.6 Å². The number of aromatic nitrogens is 1. The van der Waals surface area contributed by atoms with Crippen LogP contribution in [0.5, 0.6) is 0 Å². The summed E-state index contributed by atoms with van der Waals surface area (Å²) in [6, 6.07) is 0.644. The maximum absolute atomic E-state index is 14.0. The minimum atomic E-state index is -1.46. The number of nitrogens with one attached hydrogen (secondary N) is 8. The molecule has 8 amide bonds. The van der Waals surface area contributed by atoms with Gasteiger partial charge in [0.25, 0.3) is 0 Å². The first kappa shape index (κ1) is 51.2. The molecule has 64 heavy (non-hydrogen) atoms. The molecule has 3 rings (SSSR count). The Morgan fingerprint density at radius 1 is 0.734 bits per heavy atom. The highest BCUT2D eigenvalue weighted by Crippen LogP contribution is 2.20. The minimum Gasteiger partial charge on any atom is -0.481 e. The molecule has 1 aliphatic rings. The van der Waals surface area contributed by atoms with E-state index < -0.39 is 140 Å². The lowest BCUT2D eigenvalue weighted by Gasteiger charge is -2.27. The molecule has 13 N–H and O–H groups in total. The van der Waals surface area contributed by atoms with Crippen LogP contribution in [0, 0.1) is 5.92 Å². The van der Waals surface area contributed by atoms with E-state index in [0.29, 0.717) is 30.2 Å². The first-order valence-electron chi connectivity index (χ1n) is 20.6. The van der Waals surface area contributed by atoms with Crippen molar-refractivity contribution >= 4 is 76.1 Å². The third-order valence-electron chi connectivity index (χ3n) is 10.4. The van der Waals surface area contributed by atoms with Gasteiger partial charge in [-0.15, -0.1) is 0 Å². The number of carbonyl (C=O) groups excluding carboxylic acids is 8. The number of fused-ring (bicyclic) bond motifs is 1. The molecule has 350 valence electrons. The van der Waals surface area contributed by atoms with E-state index in [0.717, 1.165) is 5.52 Å². The maximum atomic E-state index is 14.0. The van der Waals surface area contributed by atoms with Crippen molar-refractivity contribution < 1.29 is 68.1 Å². The highest BCUT2D eigenvalue weighted by atomic mass is 16.4. The van der Waals surface area contributed by atoms with Gasteiger partial charge in [-0.05, 0) is 43.2 Å². The molecule has 1 aliphatic heterocycles. The Bertz CT molecular complexity index is 2060. The van der Waals surface area contributed by atoms with E-state index >= 15 is 0 Å². The molecule has 1 fully saturated rings. The summed E-state index contributed by atoms with van der Waals surface area (Å²) in [5.74, 6) is -11.0. The summed E-state index contributed by atoms with van der Waals surface area (Å²) < 4.78 is 0. The molecule has 0 unspecified atom stereocenters. The van der Waals surface area contributed by atoms with Crippen molar-refractivity contribution in [2.75, 3.05) is 32.7 Å². The van der Waals surface area contributed by atoms with Crippen molar-refractivity contribution in [3.05, 3.63) is 36.0 Å². The number of hydrogen-bond acceptors (Lipinski definition) is 12. The van der Waals surface area contributed by atoms with Crippen LogP contribution < -0.4 is 43.0 Å². The number of benzene rings is 1. The third kappa shape index (κ3) is 16.0. The number of rotatable bonds is 26. The van der Waals surface area contributed by atoms with Crippen LogP contribution in [-0.2, 0) is 59.2 Å². The highest BCUT2D eigenvalue weighted by molar-refractivity contribution is 5.97. The number of carboxylic acids is 3. The topological polar surface area (TPSA) is 378 Å². The fourth-order valence-corrected chi connectivity index (χ4v) is 6.83. The van der Waals surface area contributed by atoms with E-state index in [1.165, 1.54) is 4.90 Å². The number of carbonyl (C=O) groups is 11. The Balaban J connectivity index is 1.74. The van der Waals surface area contributed by atoms with Crippen molar-refractivity contribution in [1.82, 2.24) is 47.1 Å². The second-order valence-electron chi connectivity index (χ2n) is 15.1. The molecule has 24 nitrogen and oxygen atoms in total. The third-order valence-corrected chi connectivity index (χ3v) is 10.4. The Kier molecular flexibility index (Phi) is 20.1. The lowest BCUT2D eigenvalue weighted by molar-refractivity contribution is -0.140. The van der Waals surface area contributed by atoms with E-state index in [-0.39, 0.29) is 25.9 Å². The Morgan fingerprint density at radius 2 is 1.30 bits per heavy atom. The minimum absolute atomic E-state index is 0.123. The van der Waals surface area contributed by atoms with Crippen LogP contribution in [-0.4, -0.2) is 153 Å². The second kappa shape index (κ2) is 25.1. The number of aliphatic carboxylic acids is 3. The van der Waals surface area contributed by atoms with Crippen LogP contribution in [0.4, 0.5) is 0 Å². The summed E-state index contributed by atoms with van der Waals surface area (Å²) >= 11 is 0. The van der Waals surface area contributed by atoms with E-state index in [4.69, 9.17) is 15.9 Å². The number of carboxylic acid groups (broad SMARTS) is 3. The van der Waals surface area contributed by atoms with E-state index in [1.54, 1.807) is 44.3 Å². The van der Waals surface area contributed by atoms with Gasteiger partial charge in [-0.3, -0.25) is 52.7 Å². The molecule has 1 saturated heterocycles. The van der Waals surface area contributed by atoms with Gasteiger partial charge in [-0.25, -0.2) is 0 Å². The molecule has 1 aromatic heterocycles. The van der Waals surface area contributed by atoms with Crippen LogP contribution in [0.3, 0.4) is 0 Å². The fraction of sp³-hybridized carbons (Fsp3) is 0.525. The SMILES string of the molecule is CC[C@H](C)[C@H](NC(=O)CNC(=O)[C@H](CCC(=O)O)NC(=O)[C@@H]1CCCN1C(=O)CN)C(=O)N[C@@H](Cc1c[nH]c2ccccc12)C(=O)NCC(=O)N[C@@H](CCC(=O)O)C(=O)NCC(=O)O. The molecule has 0 saturated carbocycles. The number of hydrogen-bond donors (Lipinski definition) is 12. The van der Waals surface area contributed by atoms with Crippen LogP contribution in [0.25, 0.3) is 10.9 Å². The predicted molar refractivity (Wildman–Crippen MR) is 223 cm³/mol. The average Bonchev–Trinajstić information content (AvgIpc) is 3.93. The normalized spacial score (nSPS) is 15.6. The molecule has 0 radical (unpaired) electrons. The summed E-state index contributed by atoms with van der Waals surface area (Å²) in [6.45, 7) is 1.06. The zero-order valence-corrected chi connectivity index (χ0v) is 35.4. The molecule has 0 spiro atoms. The lowest BCUT2D eigenvalue weighted by atomic mass is 9.97. The molecule has 0 bridgehead atoms. The number of amides is 8. The van der Waals surface area contributed by atoms with Crippen molar-refractivity contribution in [2.45, 2.75) is 95.4 Å². The number of aromatic amines is 1. The van der Waals surface area contributed by atoms with Crippen LogP contribution in [0.1, 0.15) is 64.4 Å². The number of para-hydroxylation sites is 1. The Hall–Kier alpha value is -7.11. The first-order valence-corrected chi connectivity index (χ1v) is 20.6. The van der Waals surface area contributed by atoms with Crippen molar-refractivity contribution in [1.29, 1.82) is 0 Å². The average molecular weight is 901 g/mol. The molecular formula is C40H56N10O14. The molecule has 0 aliphatic carbocycles. The van der Waals surface area contributed by atoms with Crippen molar-refractivity contribution in [3.63, 3.8) is 0 Å². The molecular weight excluding hydrogens is 844 g/mol. The van der Waals surface area contributed by atoms with E-state index in [9.17, 15) is 57.8 Å². The lowest BCUT2D eigenvalue weighted by Crippen LogP contribution is -2.58. The summed E-state index contributed by atoms with van der Waals surface area (Å²) in [5.41, 5.74) is 6.77. The van der Waals surface area contributed by atoms with E-state index in [2.05, 4.69) is 42.2 Å². The Labute approximate surface area is 366 Å². The number of likely N-dealkylation sites (tertiary alicyclic amines) is 1. The highest BCUT2D eigenvalue weighted by Gasteiger charge is 2.36. The molecule has 1 aromatic carbocycles. The number of nitrogens with two attached hydrogens (primary N) is 1. The smallest absolute Gasteiger partial charge is 0.322 e. The number of H-pyrrole nitrogens is 1. The zero-order chi connectivity index (χ0) is 47.5. The molecule has 24 heteroatoms. The molecule has 6 atom stereocenters. The van der Waals surface area contributed by atoms with Gasteiger partial charge in [0.15, 0.2) is 0 Å². The van der Waals surface area contributed by atoms with Gasteiger partial charge < -0.3 is 68.2 Å². The second-order valence-corrected chi connectivity index (χ2v) is 15.1. The quantitative estimate of drug-likeness (QED) is 0.0443. The first-order chi connectivity index (χ1) is 30.3. The largest absolute Gasteiger partial charge is 0.481 e. The van der Waals surface area contributed by atoms with Crippen molar-refractivity contribution in [3.8, 4) is 0 Å². The summed E-state index contributed by atoms with van der Waals surface area (Å²) in [5, 5.41) is 44.7. The predicted octanol–water partition coefficient (Wildman–Crippen LogP) is -3.19. The zero-order valence-electron chi connectivity index (χ0n) is 35.4. The van der Waals surface area contributed by atoms with Gasteiger partial charge in [0.2, 0.25) is 47.3 Å². The van der Waals surface area contributed by atoms with Gasteiger partial charge in [0.1, 0.15) is 36.8 Å². The molecule has 2 heterocycles. The van der Waals surface area contributed by atoms with Gasteiger partial charge in [-0.2, -0.15) is 0 Å². The maximum Gasteiger partial charge on any atom is 0.322 e. The summed E-state index contributed by atoms with van der Waals surface area (Å²) in [4.78, 5) is 143. The standard InChI is InChI=1S/C40H56N10O14/c1-3-21(2)35(49-30(52)19-43-37(61)26(11-13-33(56)57)47-39(63)28-9-6-14-50(28)31(53)16-41)40(64)48-27(15-22-17-42-24-8-5-4-7-23(22)24)38(62)44-18-29(51)46-25(10-12-32(54)55)36(60)45-20-34(58)59/h4-5,7-8,17,21,25-28,35,42H,3,6,9-16,18-20,41H2,1-2H3,(H,43,61)(H,44,62)(H,45,60)(H,46,51)(H,47,63)(H,48,64)(H,49,52)(H,54,55)(H,56,57)(H,58,59)/t21-,25-,26-,27-,28-,35-/m0/s1. The van der Waals surface area contributed by atoms with Gasteiger partial charge in [-0.1, -0.05) is 38.5 Å². The Morgan fingerprint density at radius 3 is 1.88 bits per heavy atom. The van der Waals surface area contributed by atoms with E-state index in [1.807, 2.05) is 0 Å². The summed E-state index contributed by atoms with van der Waals surface area (Å²) in [7, 11) is 0. The van der Waals surface area contributed by atoms with Gasteiger partial charge >= 0.3 is 17.9 Å². The van der Waals surface area contributed by atoms with Crippen molar-refractivity contribution in [2.24, 2.45) is 11.7 Å². The van der Waals surface area contributed by atoms with Crippen LogP contribution in [0.15, 0.2) is 30.5 Å². The van der Waals surface area contributed by atoms with Crippen LogP contribution >= 0.6 is 0 Å². The summed E-state index contributed by atoms with van der Waals surface area (Å²) in [6.07, 6.45) is 0.827. The molecule has 2 aromatic rings. The number of nitrogens with zero attached hydrogens (tertiary/aromatic N) is 1. The van der Waals surface area contributed by atoms with Gasteiger partial charge in [0, 0.05) is 42.9 Å².